The van der Waals surface area contributed by atoms with Crippen molar-refractivity contribution in [3.8, 4) is 17.0 Å². The minimum atomic E-state index is -3.00. The minimum absolute atomic E-state index is 0.0141. The molecule has 1 saturated carbocycles. The van der Waals surface area contributed by atoms with Gasteiger partial charge in [-0.25, -0.2) is 22.7 Å². The van der Waals surface area contributed by atoms with Crippen LogP contribution < -0.4 is 15.6 Å². The van der Waals surface area contributed by atoms with Crippen LogP contribution in [0.1, 0.15) is 37.9 Å². The number of nitrogens with one attached hydrogen (secondary N) is 1. The highest BCUT2D eigenvalue weighted by molar-refractivity contribution is 5.95. The smallest absolute Gasteiger partial charge is 0.279 e. The number of hydrogen-bond acceptors (Lipinski definition) is 7. The lowest BCUT2D eigenvalue weighted by atomic mass is 10.1. The van der Waals surface area contributed by atoms with Gasteiger partial charge in [0.15, 0.2) is 17.4 Å². The molecule has 2 fully saturated rings. The Kier molecular flexibility index (Phi) is 6.59. The minimum Gasteiger partial charge on any atom is -0.489 e. The number of nitrogens with zero attached hydrogens (tertiary/aromatic N) is 6. The van der Waals surface area contributed by atoms with Crippen molar-refractivity contribution in [2.45, 2.75) is 38.2 Å². The van der Waals surface area contributed by atoms with Gasteiger partial charge in [0.1, 0.15) is 12.3 Å². The van der Waals surface area contributed by atoms with E-state index in [-0.39, 0.29) is 65.4 Å². The van der Waals surface area contributed by atoms with Crippen molar-refractivity contribution in [1.82, 2.24) is 28.9 Å². The van der Waals surface area contributed by atoms with E-state index in [1.807, 2.05) is 13.8 Å². The van der Waals surface area contributed by atoms with Crippen LogP contribution in [0.15, 0.2) is 41.7 Å². The molecule has 6 rings (SSSR count). The number of aryl methyl sites for hydroxylation is 1. The van der Waals surface area contributed by atoms with Crippen LogP contribution in [0.3, 0.4) is 0 Å². The van der Waals surface area contributed by atoms with Gasteiger partial charge >= 0.3 is 0 Å². The number of pyridine rings is 1. The molecule has 1 saturated heterocycles. The number of carbonyl (C=O) groups is 1. The van der Waals surface area contributed by atoms with Crippen molar-refractivity contribution < 1.29 is 27.4 Å². The van der Waals surface area contributed by atoms with Gasteiger partial charge in [-0.2, -0.15) is 5.10 Å². The lowest BCUT2D eigenvalue weighted by molar-refractivity contribution is -0.117. The summed E-state index contributed by atoms with van der Waals surface area (Å²) >= 11 is 0. The number of fused-ring (bicyclic) bond motifs is 1. The van der Waals surface area contributed by atoms with Crippen molar-refractivity contribution in [2.75, 3.05) is 25.1 Å². The van der Waals surface area contributed by atoms with Crippen LogP contribution >= 0.6 is 0 Å². The Balaban J connectivity index is 1.18. The van der Waals surface area contributed by atoms with E-state index in [4.69, 9.17) is 9.47 Å². The molecule has 1 aliphatic carbocycles. The summed E-state index contributed by atoms with van der Waals surface area (Å²) in [5.74, 6) is -5.18. The summed E-state index contributed by atoms with van der Waals surface area (Å²) in [6, 6.07) is 4.56. The van der Waals surface area contributed by atoms with Crippen molar-refractivity contribution in [1.29, 1.82) is 0 Å². The van der Waals surface area contributed by atoms with Crippen molar-refractivity contribution in [2.24, 2.45) is 18.9 Å². The summed E-state index contributed by atoms with van der Waals surface area (Å²) in [7, 11) is 1.59. The van der Waals surface area contributed by atoms with Crippen LogP contribution in [0.2, 0.25) is 0 Å². The molecule has 0 bridgehead atoms. The third-order valence-corrected chi connectivity index (χ3v) is 7.53. The number of hydrogen-bond donors (Lipinski definition) is 1. The fourth-order valence-corrected chi connectivity index (χ4v) is 5.07. The molecule has 0 aromatic carbocycles. The van der Waals surface area contributed by atoms with Gasteiger partial charge in [0.25, 0.3) is 11.5 Å². The standard InChI is InChI=1S/C27H28F3N7O4/c1-14(2)36-13-31-21(7-24(36)38)17-6-18(17)26(39)33-23-5-16-4-19(20(28)9-37(16)34-23)25-22(8-32-35(25)3)41-11-15-10-40-12-27(15,29)30/h4-5,7-9,13-15,17-18H,6,10-12H2,1-3H3,(H,33,34,39)/t15-,17+,18-/m1/s1. The van der Waals surface area contributed by atoms with Crippen LogP contribution in [-0.4, -0.2) is 60.6 Å². The molecule has 3 atom stereocenters. The lowest BCUT2D eigenvalue weighted by Gasteiger charge is -2.17. The van der Waals surface area contributed by atoms with Gasteiger partial charge in [-0.1, -0.05) is 0 Å². The van der Waals surface area contributed by atoms with Gasteiger partial charge in [0.2, 0.25) is 5.91 Å². The topological polar surface area (TPSA) is 118 Å². The van der Waals surface area contributed by atoms with E-state index in [1.165, 1.54) is 38.4 Å². The summed E-state index contributed by atoms with van der Waals surface area (Å²) in [6.07, 6.45) is 4.56. The van der Waals surface area contributed by atoms with Gasteiger partial charge in [-0.15, -0.1) is 5.10 Å². The fourth-order valence-electron chi connectivity index (χ4n) is 5.07. The van der Waals surface area contributed by atoms with E-state index in [0.29, 0.717) is 17.6 Å². The molecule has 11 nitrogen and oxygen atoms in total. The Morgan fingerprint density at radius 3 is 2.80 bits per heavy atom. The molecule has 0 spiro atoms. The number of halogens is 3. The Labute approximate surface area is 231 Å². The highest BCUT2D eigenvalue weighted by atomic mass is 19.3. The summed E-state index contributed by atoms with van der Waals surface area (Å²) < 4.78 is 57.9. The third kappa shape index (κ3) is 5.07. The van der Waals surface area contributed by atoms with Crippen molar-refractivity contribution in [3.63, 3.8) is 0 Å². The molecule has 4 aromatic heterocycles. The first-order valence-electron chi connectivity index (χ1n) is 13.2. The van der Waals surface area contributed by atoms with Crippen LogP contribution in [0, 0.1) is 17.7 Å². The maximum Gasteiger partial charge on any atom is 0.279 e. The second kappa shape index (κ2) is 10.0. The number of anilines is 1. The number of amides is 1. The highest BCUT2D eigenvalue weighted by Gasteiger charge is 2.46. The molecule has 216 valence electrons. The predicted octanol–water partition coefficient (Wildman–Crippen LogP) is 3.41. The van der Waals surface area contributed by atoms with Crippen LogP contribution in [0.4, 0.5) is 19.0 Å². The van der Waals surface area contributed by atoms with Gasteiger partial charge in [-0.05, 0) is 26.3 Å². The SMILES string of the molecule is CC(C)n1cnc([C@H]2C[C@H]2C(=O)Nc2cc3cc(-c4c(OC[C@H]5COCC5(F)F)cnn4C)c(F)cn3n2)cc1=O. The molecular formula is C27H28F3N7O4. The average molecular weight is 572 g/mol. The molecule has 0 radical (unpaired) electrons. The maximum absolute atomic E-state index is 15.2. The van der Waals surface area contributed by atoms with Crippen LogP contribution in [0.5, 0.6) is 5.75 Å². The number of carbonyl (C=O) groups excluding carboxylic acids is 1. The molecule has 1 N–H and O–H groups in total. The molecule has 2 aliphatic rings. The molecule has 4 aromatic rings. The lowest BCUT2D eigenvalue weighted by Crippen LogP contribution is -2.31. The van der Waals surface area contributed by atoms with Gasteiger partial charge in [0, 0.05) is 42.6 Å². The maximum atomic E-state index is 15.2. The van der Waals surface area contributed by atoms with Crippen molar-refractivity contribution >= 4 is 17.2 Å². The number of rotatable bonds is 8. The molecule has 14 heteroatoms. The van der Waals surface area contributed by atoms with E-state index >= 15 is 4.39 Å². The molecule has 1 aliphatic heterocycles. The van der Waals surface area contributed by atoms with Crippen LogP contribution in [-0.2, 0) is 16.6 Å². The first-order chi connectivity index (χ1) is 19.5. The van der Waals surface area contributed by atoms with E-state index in [9.17, 15) is 18.4 Å². The zero-order chi connectivity index (χ0) is 29.1. The van der Waals surface area contributed by atoms with E-state index in [2.05, 4.69) is 20.5 Å². The predicted molar refractivity (Wildman–Crippen MR) is 140 cm³/mol. The monoisotopic (exact) mass is 571 g/mol. The second-order valence-electron chi connectivity index (χ2n) is 10.8. The quantitative estimate of drug-likeness (QED) is 0.345. The fraction of sp³-hybridized carbons (Fsp3) is 0.444. The normalized spacial score (nSPS) is 21.5. The number of alkyl halides is 2. The summed E-state index contributed by atoms with van der Waals surface area (Å²) in [6.45, 7) is 2.68. The number of aromatic nitrogens is 6. The Hall–Kier alpha value is -4.20. The summed E-state index contributed by atoms with van der Waals surface area (Å²) in [5.41, 5.74) is 1.29. The Morgan fingerprint density at radius 2 is 2.10 bits per heavy atom. The first-order valence-corrected chi connectivity index (χ1v) is 13.2. The van der Waals surface area contributed by atoms with E-state index in [1.54, 1.807) is 13.1 Å². The van der Waals surface area contributed by atoms with Gasteiger partial charge in [0.05, 0.1) is 49.1 Å². The average Bonchev–Trinajstić information content (AvgIpc) is 3.35. The second-order valence-corrected chi connectivity index (χ2v) is 10.8. The summed E-state index contributed by atoms with van der Waals surface area (Å²) in [4.78, 5) is 29.6. The molecule has 1 amide bonds. The molecule has 5 heterocycles. The first kappa shape index (κ1) is 27.0. The zero-order valence-corrected chi connectivity index (χ0v) is 22.6. The Bertz CT molecular complexity index is 1700. The van der Waals surface area contributed by atoms with Crippen molar-refractivity contribution in [3.05, 3.63) is 58.8 Å². The summed E-state index contributed by atoms with van der Waals surface area (Å²) in [5, 5.41) is 11.1. The van der Waals surface area contributed by atoms with Gasteiger partial charge in [-0.3, -0.25) is 18.8 Å². The van der Waals surface area contributed by atoms with Gasteiger partial charge < -0.3 is 14.8 Å². The largest absolute Gasteiger partial charge is 0.489 e. The molecular weight excluding hydrogens is 543 g/mol. The number of ether oxygens (including phenoxy) is 2. The molecule has 41 heavy (non-hydrogen) atoms. The zero-order valence-electron chi connectivity index (χ0n) is 22.6. The highest BCUT2D eigenvalue weighted by Crippen LogP contribution is 2.47. The third-order valence-electron chi connectivity index (χ3n) is 7.53. The molecule has 0 unspecified atom stereocenters. The van der Waals surface area contributed by atoms with E-state index < -0.39 is 24.3 Å². The Morgan fingerprint density at radius 1 is 1.29 bits per heavy atom. The van der Waals surface area contributed by atoms with Crippen LogP contribution in [0.25, 0.3) is 16.8 Å². The van der Waals surface area contributed by atoms with E-state index in [0.717, 1.165) is 6.20 Å².